The SMILES string of the molecule is CCc1ccccc1-c1nc(-c2ccc3c(c2)nnn3CC(C)(C)CO)no1. The molecule has 0 saturated heterocycles. The van der Waals surface area contributed by atoms with E-state index < -0.39 is 0 Å². The Morgan fingerprint density at radius 1 is 1.14 bits per heavy atom. The Morgan fingerprint density at radius 3 is 2.75 bits per heavy atom. The second-order valence-electron chi connectivity index (χ2n) is 7.71. The zero-order valence-corrected chi connectivity index (χ0v) is 16.3. The van der Waals surface area contributed by atoms with Crippen molar-refractivity contribution in [1.82, 2.24) is 25.1 Å². The van der Waals surface area contributed by atoms with Crippen molar-refractivity contribution in [3.63, 3.8) is 0 Å². The largest absolute Gasteiger partial charge is 0.396 e. The number of fused-ring (bicyclic) bond motifs is 1. The molecule has 0 aliphatic carbocycles. The Kier molecular flexibility index (Phi) is 4.68. The van der Waals surface area contributed by atoms with E-state index in [9.17, 15) is 5.11 Å². The molecule has 144 valence electrons. The molecule has 0 saturated carbocycles. The third-order valence-corrected chi connectivity index (χ3v) is 4.83. The summed E-state index contributed by atoms with van der Waals surface area (Å²) in [6.07, 6.45) is 0.896. The van der Waals surface area contributed by atoms with Gasteiger partial charge in [-0.3, -0.25) is 0 Å². The quantitative estimate of drug-likeness (QED) is 0.551. The number of hydrogen-bond acceptors (Lipinski definition) is 6. The van der Waals surface area contributed by atoms with Gasteiger partial charge in [-0.2, -0.15) is 4.98 Å². The lowest BCUT2D eigenvalue weighted by molar-refractivity contribution is 0.137. The predicted molar refractivity (Wildman–Crippen MR) is 107 cm³/mol. The predicted octanol–water partition coefficient (Wildman–Crippen LogP) is 3.73. The number of aryl methyl sites for hydroxylation is 1. The Morgan fingerprint density at radius 2 is 1.96 bits per heavy atom. The van der Waals surface area contributed by atoms with Crippen LogP contribution in [0.1, 0.15) is 26.3 Å². The van der Waals surface area contributed by atoms with Crippen molar-refractivity contribution in [3.05, 3.63) is 48.0 Å². The standard InChI is InChI=1S/C21H23N5O2/c1-4-14-7-5-6-8-16(14)20-22-19(24-28-20)15-9-10-18-17(11-15)23-25-26(18)12-21(2,3)13-27/h5-11,27H,4,12-13H2,1-3H3. The van der Waals surface area contributed by atoms with Crippen molar-refractivity contribution in [2.24, 2.45) is 5.41 Å². The van der Waals surface area contributed by atoms with E-state index in [0.717, 1.165) is 28.6 Å². The molecule has 2 aromatic carbocycles. The second-order valence-corrected chi connectivity index (χ2v) is 7.71. The van der Waals surface area contributed by atoms with E-state index in [2.05, 4.69) is 33.4 Å². The topological polar surface area (TPSA) is 89.9 Å². The summed E-state index contributed by atoms with van der Waals surface area (Å²) in [6, 6.07) is 13.8. The highest BCUT2D eigenvalue weighted by atomic mass is 16.5. The van der Waals surface area contributed by atoms with Crippen molar-refractivity contribution in [2.75, 3.05) is 6.61 Å². The Balaban J connectivity index is 1.66. The average Bonchev–Trinajstić information content (AvgIpc) is 3.35. The van der Waals surface area contributed by atoms with Gasteiger partial charge < -0.3 is 9.63 Å². The smallest absolute Gasteiger partial charge is 0.258 e. The van der Waals surface area contributed by atoms with Gasteiger partial charge in [0.25, 0.3) is 5.89 Å². The van der Waals surface area contributed by atoms with E-state index in [-0.39, 0.29) is 12.0 Å². The number of rotatable bonds is 6. The van der Waals surface area contributed by atoms with Crippen LogP contribution in [-0.2, 0) is 13.0 Å². The molecule has 28 heavy (non-hydrogen) atoms. The zero-order chi connectivity index (χ0) is 19.7. The number of hydrogen-bond donors (Lipinski definition) is 1. The molecule has 0 atom stereocenters. The lowest BCUT2D eigenvalue weighted by Gasteiger charge is -2.21. The fraction of sp³-hybridized carbons (Fsp3) is 0.333. The van der Waals surface area contributed by atoms with Crippen LogP contribution in [0, 0.1) is 5.41 Å². The molecule has 2 aromatic heterocycles. The number of aliphatic hydroxyl groups excluding tert-OH is 1. The summed E-state index contributed by atoms with van der Waals surface area (Å²) in [4.78, 5) is 4.58. The molecule has 0 radical (unpaired) electrons. The molecule has 0 spiro atoms. The summed E-state index contributed by atoms with van der Waals surface area (Å²) >= 11 is 0. The highest BCUT2D eigenvalue weighted by molar-refractivity contribution is 5.80. The highest BCUT2D eigenvalue weighted by Gasteiger charge is 2.20. The summed E-state index contributed by atoms with van der Waals surface area (Å²) in [5.41, 5.74) is 4.35. The number of nitrogens with zero attached hydrogens (tertiary/aromatic N) is 5. The summed E-state index contributed by atoms with van der Waals surface area (Å²) in [5, 5.41) is 22.1. The molecule has 1 N–H and O–H groups in total. The molecule has 7 nitrogen and oxygen atoms in total. The molecule has 0 aliphatic rings. The lowest BCUT2D eigenvalue weighted by atomic mass is 9.95. The first-order chi connectivity index (χ1) is 13.5. The van der Waals surface area contributed by atoms with Crippen LogP contribution in [0.15, 0.2) is 47.0 Å². The summed E-state index contributed by atoms with van der Waals surface area (Å²) < 4.78 is 7.33. The van der Waals surface area contributed by atoms with Gasteiger partial charge in [-0.15, -0.1) is 5.10 Å². The van der Waals surface area contributed by atoms with E-state index in [1.807, 2.05) is 54.9 Å². The van der Waals surface area contributed by atoms with Crippen molar-refractivity contribution in [2.45, 2.75) is 33.7 Å². The highest BCUT2D eigenvalue weighted by Crippen LogP contribution is 2.27. The van der Waals surface area contributed by atoms with E-state index in [0.29, 0.717) is 18.3 Å². The summed E-state index contributed by atoms with van der Waals surface area (Å²) in [5.74, 6) is 1.04. The van der Waals surface area contributed by atoms with Gasteiger partial charge in [0.2, 0.25) is 5.82 Å². The fourth-order valence-electron chi connectivity index (χ4n) is 3.17. The van der Waals surface area contributed by atoms with Gasteiger partial charge in [-0.1, -0.05) is 49.3 Å². The lowest BCUT2D eigenvalue weighted by Crippen LogP contribution is -2.24. The zero-order valence-electron chi connectivity index (χ0n) is 16.3. The Bertz CT molecular complexity index is 1110. The van der Waals surface area contributed by atoms with Crippen LogP contribution < -0.4 is 0 Å². The third-order valence-electron chi connectivity index (χ3n) is 4.83. The van der Waals surface area contributed by atoms with Crippen LogP contribution in [0.5, 0.6) is 0 Å². The maximum atomic E-state index is 9.50. The van der Waals surface area contributed by atoms with Crippen LogP contribution in [0.3, 0.4) is 0 Å². The van der Waals surface area contributed by atoms with E-state index in [4.69, 9.17) is 4.52 Å². The molecule has 0 unspecified atom stereocenters. The Labute approximate surface area is 163 Å². The van der Waals surface area contributed by atoms with Crippen molar-refractivity contribution in [3.8, 4) is 22.8 Å². The van der Waals surface area contributed by atoms with Crippen LogP contribution in [0.4, 0.5) is 0 Å². The summed E-state index contributed by atoms with van der Waals surface area (Å²) in [7, 11) is 0. The molecular weight excluding hydrogens is 354 g/mol. The Hall–Kier alpha value is -3.06. The van der Waals surface area contributed by atoms with Gasteiger partial charge in [0.05, 0.1) is 12.1 Å². The molecule has 7 heteroatoms. The number of benzene rings is 2. The van der Waals surface area contributed by atoms with Gasteiger partial charge in [-0.25, -0.2) is 4.68 Å². The van der Waals surface area contributed by atoms with Crippen molar-refractivity contribution < 1.29 is 9.63 Å². The van der Waals surface area contributed by atoms with Gasteiger partial charge in [0, 0.05) is 23.1 Å². The first kappa shape index (κ1) is 18.3. The molecule has 0 amide bonds. The monoisotopic (exact) mass is 377 g/mol. The maximum Gasteiger partial charge on any atom is 0.258 e. The fourth-order valence-corrected chi connectivity index (χ4v) is 3.17. The van der Waals surface area contributed by atoms with Gasteiger partial charge in [0.1, 0.15) is 5.52 Å². The van der Waals surface area contributed by atoms with E-state index in [1.54, 1.807) is 0 Å². The minimum atomic E-state index is -0.269. The van der Waals surface area contributed by atoms with Gasteiger partial charge in [-0.05, 0) is 36.2 Å². The maximum absolute atomic E-state index is 9.50. The molecule has 4 rings (SSSR count). The first-order valence-electron chi connectivity index (χ1n) is 9.37. The molecular formula is C21H23N5O2. The molecule has 4 aromatic rings. The average molecular weight is 377 g/mol. The number of aromatic nitrogens is 5. The van der Waals surface area contributed by atoms with Gasteiger partial charge in [0.15, 0.2) is 0 Å². The normalized spacial score (nSPS) is 12.0. The summed E-state index contributed by atoms with van der Waals surface area (Å²) in [6.45, 7) is 6.75. The van der Waals surface area contributed by atoms with Gasteiger partial charge >= 0.3 is 0 Å². The molecule has 0 aliphatic heterocycles. The van der Waals surface area contributed by atoms with E-state index in [1.165, 1.54) is 5.56 Å². The molecule has 2 heterocycles. The van der Waals surface area contributed by atoms with Crippen molar-refractivity contribution >= 4 is 11.0 Å². The third kappa shape index (κ3) is 3.41. The first-order valence-corrected chi connectivity index (χ1v) is 9.37. The number of aliphatic hydroxyl groups is 1. The minimum Gasteiger partial charge on any atom is -0.396 e. The van der Waals surface area contributed by atoms with Crippen LogP contribution in [-0.4, -0.2) is 36.8 Å². The van der Waals surface area contributed by atoms with Crippen LogP contribution in [0.25, 0.3) is 33.9 Å². The van der Waals surface area contributed by atoms with Crippen LogP contribution >= 0.6 is 0 Å². The van der Waals surface area contributed by atoms with E-state index >= 15 is 0 Å². The van der Waals surface area contributed by atoms with Crippen molar-refractivity contribution in [1.29, 1.82) is 0 Å². The van der Waals surface area contributed by atoms with Crippen LogP contribution in [0.2, 0.25) is 0 Å². The molecule has 0 fully saturated rings. The second kappa shape index (κ2) is 7.16. The minimum absolute atomic E-state index is 0.0807. The molecule has 0 bridgehead atoms.